The summed E-state index contributed by atoms with van der Waals surface area (Å²) in [6, 6.07) is 2.61. The van der Waals surface area contributed by atoms with Crippen LogP contribution < -0.4 is 16.2 Å². The minimum atomic E-state index is -0.499. The zero-order valence-electron chi connectivity index (χ0n) is 7.66. The molecular formula is C8H11N3O3. The van der Waals surface area contributed by atoms with Crippen LogP contribution in [-0.4, -0.2) is 18.5 Å². The molecule has 3 N–H and O–H groups in total. The molecular weight excluding hydrogens is 186 g/mol. The van der Waals surface area contributed by atoms with Crippen molar-refractivity contribution in [2.24, 2.45) is 0 Å². The van der Waals surface area contributed by atoms with E-state index in [0.717, 1.165) is 0 Å². The Balaban J connectivity index is 2.32. The first kappa shape index (κ1) is 10.1. The van der Waals surface area contributed by atoms with E-state index >= 15 is 0 Å². The molecule has 0 radical (unpaired) electrons. The number of hydrazine groups is 1. The van der Waals surface area contributed by atoms with E-state index in [2.05, 4.69) is 16.2 Å². The third-order valence-corrected chi connectivity index (χ3v) is 1.37. The van der Waals surface area contributed by atoms with Gasteiger partial charge in [-0.15, -0.1) is 0 Å². The molecule has 0 aliphatic rings. The first-order chi connectivity index (χ1) is 6.74. The molecule has 1 rings (SSSR count). The van der Waals surface area contributed by atoms with Crippen LogP contribution in [0.1, 0.15) is 17.5 Å². The fourth-order valence-electron chi connectivity index (χ4n) is 0.788. The molecule has 0 bridgehead atoms. The molecule has 0 fully saturated rings. The van der Waals surface area contributed by atoms with Crippen molar-refractivity contribution in [3.63, 3.8) is 0 Å². The minimum Gasteiger partial charge on any atom is -0.459 e. The van der Waals surface area contributed by atoms with Crippen molar-refractivity contribution in [1.82, 2.24) is 16.2 Å². The number of rotatable bonds is 2. The number of hydrogen-bond acceptors (Lipinski definition) is 3. The fourth-order valence-corrected chi connectivity index (χ4v) is 0.788. The minimum absolute atomic E-state index is 0.141. The van der Waals surface area contributed by atoms with Crippen molar-refractivity contribution >= 4 is 11.9 Å². The number of urea groups is 1. The number of furan rings is 1. The molecule has 1 aromatic rings. The van der Waals surface area contributed by atoms with Gasteiger partial charge in [0, 0.05) is 6.54 Å². The normalized spacial score (nSPS) is 9.21. The van der Waals surface area contributed by atoms with Crippen molar-refractivity contribution in [2.75, 3.05) is 6.54 Å². The fraction of sp³-hybridized carbons (Fsp3) is 0.250. The average Bonchev–Trinajstić information content (AvgIpc) is 2.67. The Hall–Kier alpha value is -1.98. The molecule has 0 unspecified atom stereocenters. The summed E-state index contributed by atoms with van der Waals surface area (Å²) >= 11 is 0. The smallest absolute Gasteiger partial charge is 0.333 e. The van der Waals surface area contributed by atoms with Crippen molar-refractivity contribution < 1.29 is 14.0 Å². The van der Waals surface area contributed by atoms with Gasteiger partial charge in [-0.1, -0.05) is 0 Å². The third-order valence-electron chi connectivity index (χ3n) is 1.37. The van der Waals surface area contributed by atoms with E-state index < -0.39 is 11.9 Å². The Morgan fingerprint density at radius 3 is 2.79 bits per heavy atom. The molecule has 0 aromatic carbocycles. The third kappa shape index (κ3) is 2.81. The highest BCUT2D eigenvalue weighted by Gasteiger charge is 2.08. The van der Waals surface area contributed by atoms with E-state index in [4.69, 9.17) is 4.42 Å². The maximum absolute atomic E-state index is 11.2. The van der Waals surface area contributed by atoms with Crippen molar-refractivity contribution in [1.29, 1.82) is 0 Å². The molecule has 14 heavy (non-hydrogen) atoms. The maximum atomic E-state index is 11.2. The van der Waals surface area contributed by atoms with Gasteiger partial charge in [0.05, 0.1) is 6.26 Å². The highest BCUT2D eigenvalue weighted by Crippen LogP contribution is 1.97. The van der Waals surface area contributed by atoms with E-state index in [-0.39, 0.29) is 5.76 Å². The Morgan fingerprint density at radius 1 is 1.43 bits per heavy atom. The molecule has 0 saturated carbocycles. The van der Waals surface area contributed by atoms with E-state index in [1.54, 1.807) is 13.0 Å². The van der Waals surface area contributed by atoms with Crippen LogP contribution in [0.5, 0.6) is 0 Å². The second kappa shape index (κ2) is 4.90. The Kier molecular flexibility index (Phi) is 3.54. The summed E-state index contributed by atoms with van der Waals surface area (Å²) < 4.78 is 4.80. The molecule has 6 heteroatoms. The van der Waals surface area contributed by atoms with Gasteiger partial charge in [0.1, 0.15) is 0 Å². The van der Waals surface area contributed by atoms with E-state index in [1.807, 2.05) is 0 Å². The highest BCUT2D eigenvalue weighted by molar-refractivity contribution is 5.92. The lowest BCUT2D eigenvalue weighted by Crippen LogP contribution is -2.46. The van der Waals surface area contributed by atoms with Gasteiger partial charge < -0.3 is 9.73 Å². The topological polar surface area (TPSA) is 83.4 Å². The summed E-state index contributed by atoms with van der Waals surface area (Å²) in [5.41, 5.74) is 4.34. The molecule has 1 heterocycles. The first-order valence-corrected chi connectivity index (χ1v) is 4.11. The number of carbonyl (C=O) groups is 2. The summed E-state index contributed by atoms with van der Waals surface area (Å²) in [7, 11) is 0. The van der Waals surface area contributed by atoms with Crippen molar-refractivity contribution in [2.45, 2.75) is 6.92 Å². The molecule has 0 spiro atoms. The van der Waals surface area contributed by atoms with Crippen LogP contribution in [0.4, 0.5) is 4.79 Å². The van der Waals surface area contributed by atoms with Crippen LogP contribution in [-0.2, 0) is 0 Å². The van der Waals surface area contributed by atoms with Gasteiger partial charge in [-0.05, 0) is 19.1 Å². The largest absolute Gasteiger partial charge is 0.459 e. The highest BCUT2D eigenvalue weighted by atomic mass is 16.3. The lowest BCUT2D eigenvalue weighted by atomic mass is 10.4. The first-order valence-electron chi connectivity index (χ1n) is 4.11. The molecule has 6 nitrogen and oxygen atoms in total. The summed E-state index contributed by atoms with van der Waals surface area (Å²) in [4.78, 5) is 22.0. The predicted molar refractivity (Wildman–Crippen MR) is 48.4 cm³/mol. The molecule has 0 atom stereocenters. The standard InChI is InChI=1S/C8H11N3O3/c1-2-9-8(13)11-10-7(12)6-4-3-5-14-6/h3-5H,2H2,1H3,(H,10,12)(H2,9,11,13). The molecule has 1 aromatic heterocycles. The van der Waals surface area contributed by atoms with Crippen LogP contribution in [0, 0.1) is 0 Å². The Bertz CT molecular complexity index is 308. The number of carbonyl (C=O) groups excluding carboxylic acids is 2. The Morgan fingerprint density at radius 2 is 2.21 bits per heavy atom. The lowest BCUT2D eigenvalue weighted by Gasteiger charge is -2.05. The zero-order valence-corrected chi connectivity index (χ0v) is 7.66. The Labute approximate surface area is 80.6 Å². The summed E-state index contributed by atoms with van der Waals surface area (Å²) in [6.45, 7) is 2.26. The van der Waals surface area contributed by atoms with E-state index in [1.165, 1.54) is 12.3 Å². The maximum Gasteiger partial charge on any atom is 0.333 e. The van der Waals surface area contributed by atoms with Gasteiger partial charge in [0.15, 0.2) is 5.76 Å². The SMILES string of the molecule is CCNC(=O)NNC(=O)c1ccco1. The van der Waals surface area contributed by atoms with E-state index in [9.17, 15) is 9.59 Å². The van der Waals surface area contributed by atoms with Crippen LogP contribution in [0.15, 0.2) is 22.8 Å². The van der Waals surface area contributed by atoms with Gasteiger partial charge in [0.25, 0.3) is 0 Å². The monoisotopic (exact) mass is 197 g/mol. The van der Waals surface area contributed by atoms with Crippen LogP contribution in [0.3, 0.4) is 0 Å². The van der Waals surface area contributed by atoms with Gasteiger partial charge >= 0.3 is 11.9 Å². The van der Waals surface area contributed by atoms with Crippen molar-refractivity contribution in [3.8, 4) is 0 Å². The van der Waals surface area contributed by atoms with Crippen LogP contribution >= 0.6 is 0 Å². The van der Waals surface area contributed by atoms with Gasteiger partial charge in [0.2, 0.25) is 0 Å². The summed E-state index contributed by atoms with van der Waals surface area (Å²) in [5.74, 6) is -0.358. The zero-order chi connectivity index (χ0) is 10.4. The molecule has 76 valence electrons. The number of hydrogen-bond donors (Lipinski definition) is 3. The number of amides is 3. The lowest BCUT2D eigenvalue weighted by molar-refractivity contribution is 0.0908. The predicted octanol–water partition coefficient (Wildman–Crippen LogP) is 0.243. The molecule has 3 amide bonds. The summed E-state index contributed by atoms with van der Waals surface area (Å²) in [6.07, 6.45) is 1.38. The number of nitrogens with one attached hydrogen (secondary N) is 3. The van der Waals surface area contributed by atoms with Gasteiger partial charge in [-0.25, -0.2) is 10.2 Å². The van der Waals surface area contributed by atoms with Crippen LogP contribution in [0.25, 0.3) is 0 Å². The second-order valence-corrected chi connectivity index (χ2v) is 2.42. The summed E-state index contributed by atoms with van der Waals surface area (Å²) in [5, 5.41) is 2.45. The average molecular weight is 197 g/mol. The molecule has 0 aliphatic carbocycles. The van der Waals surface area contributed by atoms with Gasteiger partial charge in [-0.2, -0.15) is 0 Å². The molecule has 0 saturated heterocycles. The second-order valence-electron chi connectivity index (χ2n) is 2.42. The van der Waals surface area contributed by atoms with Crippen molar-refractivity contribution in [3.05, 3.63) is 24.2 Å². The van der Waals surface area contributed by atoms with E-state index in [0.29, 0.717) is 6.54 Å². The molecule has 0 aliphatic heterocycles. The van der Waals surface area contributed by atoms with Crippen LogP contribution in [0.2, 0.25) is 0 Å². The quantitative estimate of drug-likeness (QED) is 0.594. The van der Waals surface area contributed by atoms with Gasteiger partial charge in [-0.3, -0.25) is 10.2 Å².